The number of esters is 1. The summed E-state index contributed by atoms with van der Waals surface area (Å²) in [6, 6.07) is -0.634. The molecule has 6 heteroatoms. The zero-order valence-corrected chi connectivity index (χ0v) is 52.7. The van der Waals surface area contributed by atoms with Crippen LogP contribution in [0, 0.1) is 0 Å². The molecule has 0 aromatic carbocycles. The van der Waals surface area contributed by atoms with Crippen LogP contribution < -0.4 is 5.32 Å². The zero-order chi connectivity index (χ0) is 56.4. The van der Waals surface area contributed by atoms with Gasteiger partial charge in [-0.1, -0.05) is 359 Å². The number of aliphatic hydroxyl groups is 2. The molecule has 0 aliphatic heterocycles. The van der Waals surface area contributed by atoms with Gasteiger partial charge < -0.3 is 20.3 Å². The second-order valence-corrected chi connectivity index (χ2v) is 24.2. The van der Waals surface area contributed by atoms with Crippen LogP contribution >= 0.6 is 0 Å². The maximum atomic E-state index is 12.5. The summed E-state index contributed by atoms with van der Waals surface area (Å²) < 4.78 is 5.43. The molecular weight excluding hydrogens is 959 g/mol. The predicted molar refractivity (Wildman–Crippen MR) is 343 cm³/mol. The van der Waals surface area contributed by atoms with Gasteiger partial charge >= 0.3 is 5.97 Å². The van der Waals surface area contributed by atoms with Crippen molar-refractivity contribution in [3.05, 3.63) is 36.5 Å². The third-order valence-corrected chi connectivity index (χ3v) is 16.4. The lowest BCUT2D eigenvalue weighted by Gasteiger charge is -2.20. The van der Waals surface area contributed by atoms with Gasteiger partial charge in [0, 0.05) is 12.8 Å². The molecule has 2 unspecified atom stereocenters. The summed E-state index contributed by atoms with van der Waals surface area (Å²) in [6.45, 7) is 4.83. The quantitative estimate of drug-likeness (QED) is 0.0320. The van der Waals surface area contributed by atoms with Gasteiger partial charge in [0.25, 0.3) is 0 Å². The Morgan fingerprint density at radius 1 is 0.359 bits per heavy atom. The molecule has 0 saturated heterocycles. The molecule has 1 amide bonds. The summed E-state index contributed by atoms with van der Waals surface area (Å²) in [5, 5.41) is 23.3. The molecule has 0 aromatic heterocycles. The van der Waals surface area contributed by atoms with Crippen LogP contribution in [0.3, 0.4) is 0 Å². The number of carbonyl (C=O) groups excluding carboxylic acids is 2. The molecule has 0 spiro atoms. The molecule has 0 radical (unpaired) electrons. The van der Waals surface area contributed by atoms with Gasteiger partial charge in [-0.3, -0.25) is 9.59 Å². The van der Waals surface area contributed by atoms with E-state index in [1.165, 1.54) is 308 Å². The lowest BCUT2D eigenvalue weighted by molar-refractivity contribution is -0.143. The van der Waals surface area contributed by atoms with Crippen molar-refractivity contribution in [1.82, 2.24) is 5.32 Å². The Hall–Kier alpha value is -1.92. The maximum absolute atomic E-state index is 12.5. The summed E-state index contributed by atoms with van der Waals surface area (Å²) in [5.41, 5.74) is 0. The average Bonchev–Trinajstić information content (AvgIpc) is 3.44. The van der Waals surface area contributed by atoms with E-state index >= 15 is 0 Å². The molecule has 0 aliphatic carbocycles. The molecule has 0 saturated carbocycles. The monoisotopic (exact) mass is 1100 g/mol. The Morgan fingerprint density at radius 3 is 0.974 bits per heavy atom. The summed E-state index contributed by atoms with van der Waals surface area (Å²) in [5.74, 6) is -0.100. The SMILES string of the molecule is CCCCCCCCCCCCCCCCCCCCCCCC/C=C/C(O)C(CO)NC(=O)CCCCCCCCCCCCCCCC/C=C\C/C=C\CCOC(=O)CCCCCCCCCCCCCCCCCC. The van der Waals surface area contributed by atoms with E-state index in [0.29, 0.717) is 19.4 Å². The van der Waals surface area contributed by atoms with Crippen LogP contribution in [0.2, 0.25) is 0 Å². The second-order valence-electron chi connectivity index (χ2n) is 24.2. The highest BCUT2D eigenvalue weighted by molar-refractivity contribution is 5.76. The minimum absolute atomic E-state index is 0.0317. The number of carbonyl (C=O) groups is 2. The molecule has 460 valence electrons. The summed E-state index contributed by atoms with van der Waals surface area (Å²) in [7, 11) is 0. The van der Waals surface area contributed by atoms with Gasteiger partial charge in [0.05, 0.1) is 25.4 Å². The molecule has 6 nitrogen and oxygen atoms in total. The molecule has 78 heavy (non-hydrogen) atoms. The van der Waals surface area contributed by atoms with Crippen molar-refractivity contribution < 1.29 is 24.5 Å². The normalized spacial score (nSPS) is 12.7. The Labute approximate surface area is 487 Å². The van der Waals surface area contributed by atoms with Gasteiger partial charge in [0.15, 0.2) is 0 Å². The van der Waals surface area contributed by atoms with Crippen LogP contribution in [-0.4, -0.2) is 47.4 Å². The van der Waals surface area contributed by atoms with Gasteiger partial charge in [-0.2, -0.15) is 0 Å². The molecular formula is C72H137NO5. The summed E-state index contributed by atoms with van der Waals surface area (Å²) in [4.78, 5) is 24.6. The highest BCUT2D eigenvalue weighted by atomic mass is 16.5. The van der Waals surface area contributed by atoms with Crippen LogP contribution in [0.1, 0.15) is 386 Å². The van der Waals surface area contributed by atoms with E-state index in [2.05, 4.69) is 43.5 Å². The third kappa shape index (κ3) is 63.3. The number of allylic oxidation sites excluding steroid dienone is 4. The number of hydrogen-bond acceptors (Lipinski definition) is 5. The zero-order valence-electron chi connectivity index (χ0n) is 52.7. The van der Waals surface area contributed by atoms with Gasteiger partial charge in [-0.25, -0.2) is 0 Å². The molecule has 0 aromatic rings. The third-order valence-electron chi connectivity index (χ3n) is 16.4. The van der Waals surface area contributed by atoms with Crippen molar-refractivity contribution in [2.75, 3.05) is 13.2 Å². The van der Waals surface area contributed by atoms with E-state index in [1.54, 1.807) is 6.08 Å². The molecule has 0 heterocycles. The number of ether oxygens (including phenoxy) is 1. The van der Waals surface area contributed by atoms with E-state index < -0.39 is 12.1 Å². The number of amides is 1. The van der Waals surface area contributed by atoms with Crippen molar-refractivity contribution in [2.45, 2.75) is 398 Å². The minimum Gasteiger partial charge on any atom is -0.465 e. The number of aliphatic hydroxyl groups excluding tert-OH is 2. The smallest absolute Gasteiger partial charge is 0.305 e. The Kier molecular flexibility index (Phi) is 65.9. The highest BCUT2D eigenvalue weighted by Crippen LogP contribution is 2.19. The first-order chi connectivity index (χ1) is 38.5. The van der Waals surface area contributed by atoms with E-state index in [9.17, 15) is 19.8 Å². The van der Waals surface area contributed by atoms with Gasteiger partial charge in [-0.15, -0.1) is 0 Å². The molecule has 0 fully saturated rings. The Bertz CT molecular complexity index is 1260. The van der Waals surface area contributed by atoms with Crippen LogP contribution in [0.5, 0.6) is 0 Å². The lowest BCUT2D eigenvalue weighted by Crippen LogP contribution is -2.45. The Balaban J connectivity index is 3.46. The minimum atomic E-state index is -0.850. The Morgan fingerprint density at radius 2 is 0.641 bits per heavy atom. The molecule has 0 aliphatic rings. The topological polar surface area (TPSA) is 95.9 Å². The fourth-order valence-corrected chi connectivity index (χ4v) is 11.1. The second kappa shape index (κ2) is 67.6. The van der Waals surface area contributed by atoms with Gasteiger partial charge in [0.1, 0.15) is 0 Å². The molecule has 3 N–H and O–H groups in total. The van der Waals surface area contributed by atoms with Crippen molar-refractivity contribution in [1.29, 1.82) is 0 Å². The molecule has 0 bridgehead atoms. The number of rotatable bonds is 66. The average molecular weight is 1100 g/mol. The first kappa shape index (κ1) is 76.1. The van der Waals surface area contributed by atoms with Gasteiger partial charge in [0.2, 0.25) is 5.91 Å². The maximum Gasteiger partial charge on any atom is 0.305 e. The summed E-state index contributed by atoms with van der Waals surface area (Å²) >= 11 is 0. The van der Waals surface area contributed by atoms with E-state index in [0.717, 1.165) is 51.4 Å². The van der Waals surface area contributed by atoms with Crippen molar-refractivity contribution in [3.8, 4) is 0 Å². The van der Waals surface area contributed by atoms with Crippen molar-refractivity contribution >= 4 is 11.9 Å². The number of hydrogen-bond donors (Lipinski definition) is 3. The van der Waals surface area contributed by atoms with E-state index in [4.69, 9.17) is 4.74 Å². The fourth-order valence-electron chi connectivity index (χ4n) is 11.1. The largest absolute Gasteiger partial charge is 0.465 e. The lowest BCUT2D eigenvalue weighted by atomic mass is 10.0. The van der Waals surface area contributed by atoms with Crippen molar-refractivity contribution in [2.24, 2.45) is 0 Å². The van der Waals surface area contributed by atoms with E-state index in [-0.39, 0.29) is 18.5 Å². The standard InChI is InChI=1S/C72H137NO5/c1-3-5-7-9-11-13-15-17-19-21-22-23-24-25-27-30-33-36-40-44-48-52-56-60-64-70(75)69(68-74)73-71(76)65-61-57-53-49-45-41-37-34-31-28-26-29-32-35-39-43-47-51-55-59-63-67-78-72(77)66-62-58-54-50-46-42-38-20-18-16-14-12-10-8-6-4-2/h43,47,55,59-60,64,69-70,74-75H,3-42,44-46,48-54,56-58,61-63,65-68H2,1-2H3,(H,73,76)/b47-43-,59-55-,64-60+. The predicted octanol–water partition coefficient (Wildman–Crippen LogP) is 22.7. The van der Waals surface area contributed by atoms with Crippen LogP contribution in [0.25, 0.3) is 0 Å². The fraction of sp³-hybridized carbons (Fsp3) is 0.889. The number of unbranched alkanes of at least 4 members (excludes halogenated alkanes) is 51. The van der Waals surface area contributed by atoms with Crippen LogP contribution in [0.4, 0.5) is 0 Å². The highest BCUT2D eigenvalue weighted by Gasteiger charge is 2.18. The number of nitrogens with one attached hydrogen (secondary N) is 1. The molecule has 2 atom stereocenters. The first-order valence-corrected chi connectivity index (χ1v) is 35.3. The first-order valence-electron chi connectivity index (χ1n) is 35.3. The van der Waals surface area contributed by atoms with Gasteiger partial charge in [-0.05, 0) is 51.4 Å². The molecule has 0 rings (SSSR count). The summed E-state index contributed by atoms with van der Waals surface area (Å²) in [6.07, 6.45) is 86.6. The van der Waals surface area contributed by atoms with Crippen LogP contribution in [0.15, 0.2) is 36.5 Å². The van der Waals surface area contributed by atoms with Crippen LogP contribution in [-0.2, 0) is 14.3 Å². The van der Waals surface area contributed by atoms with Crippen molar-refractivity contribution in [3.63, 3.8) is 0 Å². The van der Waals surface area contributed by atoms with E-state index in [1.807, 2.05) is 6.08 Å².